The van der Waals surface area contributed by atoms with Crippen molar-refractivity contribution in [2.24, 2.45) is 0 Å². The number of amides is 2. The Kier molecular flexibility index (Phi) is 5.48. The van der Waals surface area contributed by atoms with Gasteiger partial charge >= 0.3 is 0 Å². The standard InChI is InChI=1S/C20H26N6O3/c1-15-19-21-16(13-18(27)23-6-3-4-7-23)14-24(19)9-10-26(15)20(28)17-5-8-25(22-17)11-12-29-2/h3-5,8,14-15H,6-7,9-13H2,1-2H3/t15-/m1/s1. The fourth-order valence-corrected chi connectivity index (χ4v) is 3.79. The van der Waals surface area contributed by atoms with Crippen molar-refractivity contribution in [2.45, 2.75) is 32.5 Å². The van der Waals surface area contributed by atoms with Gasteiger partial charge in [0.25, 0.3) is 5.91 Å². The van der Waals surface area contributed by atoms with E-state index in [0.717, 1.165) is 11.5 Å². The summed E-state index contributed by atoms with van der Waals surface area (Å²) in [6.07, 6.45) is 8.01. The Morgan fingerprint density at radius 3 is 2.79 bits per heavy atom. The molecule has 154 valence electrons. The quantitative estimate of drug-likeness (QED) is 0.675. The summed E-state index contributed by atoms with van der Waals surface area (Å²) >= 11 is 0. The molecule has 0 N–H and O–H groups in total. The minimum absolute atomic E-state index is 0.0765. The lowest BCUT2D eigenvalue weighted by Crippen LogP contribution is -2.41. The van der Waals surface area contributed by atoms with Crippen molar-refractivity contribution in [1.29, 1.82) is 0 Å². The molecule has 0 bridgehead atoms. The monoisotopic (exact) mass is 398 g/mol. The first-order chi connectivity index (χ1) is 14.1. The Bertz CT molecular complexity index is 923. The molecule has 0 spiro atoms. The Hall–Kier alpha value is -2.94. The van der Waals surface area contributed by atoms with Crippen LogP contribution in [0.4, 0.5) is 0 Å². The number of hydrogen-bond acceptors (Lipinski definition) is 5. The van der Waals surface area contributed by atoms with Crippen LogP contribution in [0.2, 0.25) is 0 Å². The summed E-state index contributed by atoms with van der Waals surface area (Å²) in [6, 6.07) is 1.55. The SMILES string of the molecule is COCCn1ccc(C(=O)N2CCn3cc(CC(=O)N4CC=CC4)nc3[C@H]2C)n1. The van der Waals surface area contributed by atoms with Crippen molar-refractivity contribution >= 4 is 11.8 Å². The van der Waals surface area contributed by atoms with Gasteiger partial charge in [-0.1, -0.05) is 12.2 Å². The third-order valence-electron chi connectivity index (χ3n) is 5.43. The second-order valence-corrected chi connectivity index (χ2v) is 7.36. The van der Waals surface area contributed by atoms with Crippen molar-refractivity contribution in [1.82, 2.24) is 29.1 Å². The largest absolute Gasteiger partial charge is 0.383 e. The van der Waals surface area contributed by atoms with Gasteiger partial charge in [-0.15, -0.1) is 0 Å². The molecule has 2 aromatic rings. The van der Waals surface area contributed by atoms with Crippen LogP contribution >= 0.6 is 0 Å². The van der Waals surface area contributed by atoms with E-state index in [-0.39, 0.29) is 24.3 Å². The number of ether oxygens (including phenoxy) is 1. The van der Waals surface area contributed by atoms with Gasteiger partial charge in [-0.05, 0) is 13.0 Å². The molecule has 0 aromatic carbocycles. The molecule has 0 aliphatic carbocycles. The van der Waals surface area contributed by atoms with E-state index >= 15 is 0 Å². The molecule has 0 unspecified atom stereocenters. The van der Waals surface area contributed by atoms with Gasteiger partial charge in [0.2, 0.25) is 5.91 Å². The Morgan fingerprint density at radius 1 is 1.24 bits per heavy atom. The molecule has 0 saturated heterocycles. The molecule has 0 radical (unpaired) electrons. The number of nitrogens with zero attached hydrogens (tertiary/aromatic N) is 6. The summed E-state index contributed by atoms with van der Waals surface area (Å²) < 4.78 is 8.82. The van der Waals surface area contributed by atoms with Gasteiger partial charge in [-0.25, -0.2) is 4.98 Å². The van der Waals surface area contributed by atoms with Crippen molar-refractivity contribution in [2.75, 3.05) is 33.4 Å². The lowest BCUT2D eigenvalue weighted by molar-refractivity contribution is -0.129. The van der Waals surface area contributed by atoms with E-state index in [1.807, 2.05) is 25.3 Å². The van der Waals surface area contributed by atoms with Gasteiger partial charge in [0.1, 0.15) is 11.5 Å². The van der Waals surface area contributed by atoms with Crippen molar-refractivity contribution in [3.63, 3.8) is 0 Å². The molecule has 1 atom stereocenters. The van der Waals surface area contributed by atoms with E-state index in [0.29, 0.717) is 45.0 Å². The molecule has 2 aliphatic rings. The summed E-state index contributed by atoms with van der Waals surface area (Å²) in [5, 5.41) is 4.36. The summed E-state index contributed by atoms with van der Waals surface area (Å²) in [5.74, 6) is 0.780. The third-order valence-corrected chi connectivity index (χ3v) is 5.43. The van der Waals surface area contributed by atoms with Crippen molar-refractivity contribution < 1.29 is 14.3 Å². The smallest absolute Gasteiger partial charge is 0.275 e. The first-order valence-electron chi connectivity index (χ1n) is 9.89. The van der Waals surface area contributed by atoms with Gasteiger partial charge in [0.05, 0.1) is 31.3 Å². The highest BCUT2D eigenvalue weighted by Crippen LogP contribution is 2.26. The van der Waals surface area contributed by atoms with Crippen molar-refractivity contribution in [3.05, 3.63) is 47.8 Å². The molecule has 2 aromatic heterocycles. The first kappa shape index (κ1) is 19.4. The highest BCUT2D eigenvalue weighted by Gasteiger charge is 2.31. The van der Waals surface area contributed by atoms with Crippen molar-refractivity contribution in [3.8, 4) is 0 Å². The summed E-state index contributed by atoms with van der Waals surface area (Å²) in [5.41, 5.74) is 1.17. The van der Waals surface area contributed by atoms with Crippen LogP contribution in [-0.2, 0) is 29.0 Å². The minimum Gasteiger partial charge on any atom is -0.383 e. The molecule has 2 amide bonds. The summed E-state index contributed by atoms with van der Waals surface area (Å²) in [6.45, 7) is 5.69. The maximum Gasteiger partial charge on any atom is 0.275 e. The average Bonchev–Trinajstić information content (AvgIpc) is 3.46. The van der Waals surface area contributed by atoms with Gasteiger partial charge < -0.3 is 19.1 Å². The highest BCUT2D eigenvalue weighted by molar-refractivity contribution is 5.92. The lowest BCUT2D eigenvalue weighted by atomic mass is 10.2. The average molecular weight is 398 g/mol. The van der Waals surface area contributed by atoms with E-state index in [4.69, 9.17) is 4.74 Å². The Morgan fingerprint density at radius 2 is 2.03 bits per heavy atom. The van der Waals surface area contributed by atoms with E-state index in [9.17, 15) is 9.59 Å². The Balaban J connectivity index is 1.44. The first-order valence-corrected chi connectivity index (χ1v) is 9.89. The number of aromatic nitrogens is 4. The van der Waals surface area contributed by atoms with Crippen LogP contribution in [0, 0.1) is 0 Å². The van der Waals surface area contributed by atoms with Crippen LogP contribution in [0.3, 0.4) is 0 Å². The van der Waals surface area contributed by atoms with Gasteiger partial charge in [-0.2, -0.15) is 5.10 Å². The van der Waals surface area contributed by atoms with E-state index in [2.05, 4.69) is 14.6 Å². The number of carbonyl (C=O) groups is 2. The fraction of sp³-hybridized carbons (Fsp3) is 0.500. The molecular formula is C20H26N6O3. The number of methoxy groups -OCH3 is 1. The lowest BCUT2D eigenvalue weighted by Gasteiger charge is -2.33. The minimum atomic E-state index is -0.183. The third kappa shape index (κ3) is 3.95. The topological polar surface area (TPSA) is 85.5 Å². The predicted molar refractivity (Wildman–Crippen MR) is 105 cm³/mol. The van der Waals surface area contributed by atoms with E-state index < -0.39 is 0 Å². The second kappa shape index (κ2) is 8.20. The number of imidazole rings is 1. The zero-order valence-electron chi connectivity index (χ0n) is 16.8. The number of fused-ring (bicyclic) bond motifs is 1. The van der Waals surface area contributed by atoms with E-state index in [1.54, 1.807) is 33.9 Å². The molecule has 29 heavy (non-hydrogen) atoms. The van der Waals surface area contributed by atoms with Gasteiger partial charge in [0.15, 0.2) is 0 Å². The van der Waals surface area contributed by atoms with Gasteiger partial charge in [0, 0.05) is 45.7 Å². The number of hydrogen-bond donors (Lipinski definition) is 0. The zero-order chi connectivity index (χ0) is 20.4. The fourth-order valence-electron chi connectivity index (χ4n) is 3.79. The highest BCUT2D eigenvalue weighted by atomic mass is 16.5. The Labute approximate surface area is 169 Å². The van der Waals surface area contributed by atoms with Crippen LogP contribution in [0.1, 0.15) is 35.0 Å². The summed E-state index contributed by atoms with van der Waals surface area (Å²) in [4.78, 5) is 33.6. The second-order valence-electron chi connectivity index (χ2n) is 7.36. The number of carbonyl (C=O) groups excluding carboxylic acids is 2. The molecule has 4 heterocycles. The van der Waals surface area contributed by atoms with E-state index in [1.165, 1.54) is 0 Å². The summed E-state index contributed by atoms with van der Waals surface area (Å²) in [7, 11) is 1.64. The maximum absolute atomic E-state index is 13.0. The van der Waals surface area contributed by atoms with Crippen LogP contribution in [0.15, 0.2) is 30.6 Å². The van der Waals surface area contributed by atoms with Crippen LogP contribution in [0.5, 0.6) is 0 Å². The van der Waals surface area contributed by atoms with Crippen LogP contribution < -0.4 is 0 Å². The predicted octanol–water partition coefficient (Wildman–Crippen LogP) is 0.884. The normalized spacial score (nSPS) is 18.3. The molecule has 9 heteroatoms. The maximum atomic E-state index is 13.0. The zero-order valence-corrected chi connectivity index (χ0v) is 16.8. The van der Waals surface area contributed by atoms with Crippen LogP contribution in [-0.4, -0.2) is 74.3 Å². The molecule has 9 nitrogen and oxygen atoms in total. The molecular weight excluding hydrogens is 372 g/mol. The molecule has 4 rings (SSSR count). The van der Waals surface area contributed by atoms with Crippen LogP contribution in [0.25, 0.3) is 0 Å². The van der Waals surface area contributed by atoms with Gasteiger partial charge in [-0.3, -0.25) is 14.3 Å². The molecule has 2 aliphatic heterocycles. The number of rotatable bonds is 6. The molecule has 0 saturated carbocycles. The molecule has 0 fully saturated rings.